The first kappa shape index (κ1) is 22.1. The second-order valence-electron chi connectivity index (χ2n) is 6.51. The number of methoxy groups -OCH3 is 2. The van der Waals surface area contributed by atoms with Crippen LogP contribution in [-0.4, -0.2) is 37.7 Å². The van der Waals surface area contributed by atoms with Crippen LogP contribution in [0.2, 0.25) is 5.02 Å². The van der Waals surface area contributed by atoms with Crippen molar-refractivity contribution in [2.24, 2.45) is 0 Å². The molecule has 0 spiro atoms. The van der Waals surface area contributed by atoms with Gasteiger partial charge in [0.2, 0.25) is 0 Å². The van der Waals surface area contributed by atoms with Crippen molar-refractivity contribution in [1.82, 2.24) is 4.98 Å². The first-order chi connectivity index (χ1) is 14.9. The summed E-state index contributed by atoms with van der Waals surface area (Å²) in [4.78, 5) is 29.2. The average molecular weight is 441 g/mol. The van der Waals surface area contributed by atoms with Crippen LogP contribution in [0.25, 0.3) is 11.3 Å². The summed E-state index contributed by atoms with van der Waals surface area (Å²) in [5.74, 6) is -0.458. The zero-order chi connectivity index (χ0) is 22.4. The molecular weight excluding hydrogens is 420 g/mol. The normalized spacial score (nSPS) is 10.3. The highest BCUT2D eigenvalue weighted by molar-refractivity contribution is 6.32. The Balaban J connectivity index is 1.65. The number of ether oxygens (including phenoxy) is 3. The van der Waals surface area contributed by atoms with Crippen LogP contribution in [0.15, 0.2) is 54.6 Å². The molecule has 1 aromatic heterocycles. The number of carbonyl (C=O) groups excluding carboxylic acids is 2. The van der Waals surface area contributed by atoms with E-state index in [0.717, 1.165) is 11.3 Å². The molecule has 0 aliphatic carbocycles. The molecular formula is C23H21ClN2O5. The highest BCUT2D eigenvalue weighted by Gasteiger charge is 2.17. The summed E-state index contributed by atoms with van der Waals surface area (Å²) >= 11 is 6.06. The Morgan fingerprint density at radius 1 is 1.00 bits per heavy atom. The SMILES string of the molecule is COc1cc(NC(=O)COC(=O)c2ccc(-c3ccccc3)nc2C)c(OC)cc1Cl. The lowest BCUT2D eigenvalue weighted by molar-refractivity contribution is -0.119. The molecule has 8 heteroatoms. The molecule has 0 radical (unpaired) electrons. The largest absolute Gasteiger partial charge is 0.495 e. The van der Waals surface area contributed by atoms with E-state index in [1.807, 2.05) is 30.3 Å². The lowest BCUT2D eigenvalue weighted by Gasteiger charge is -2.13. The molecule has 0 saturated heterocycles. The van der Waals surface area contributed by atoms with E-state index in [-0.39, 0.29) is 0 Å². The molecule has 0 aliphatic rings. The molecule has 160 valence electrons. The number of anilines is 1. The summed E-state index contributed by atoms with van der Waals surface area (Å²) in [5.41, 5.74) is 2.83. The van der Waals surface area contributed by atoms with Gasteiger partial charge in [-0.25, -0.2) is 4.79 Å². The number of halogens is 1. The summed E-state index contributed by atoms with van der Waals surface area (Å²) in [6, 6.07) is 16.0. The van der Waals surface area contributed by atoms with E-state index in [4.69, 9.17) is 25.8 Å². The molecule has 7 nitrogen and oxygen atoms in total. The van der Waals surface area contributed by atoms with Crippen molar-refractivity contribution in [3.05, 3.63) is 70.9 Å². The predicted molar refractivity (Wildman–Crippen MR) is 118 cm³/mol. The zero-order valence-corrected chi connectivity index (χ0v) is 18.0. The van der Waals surface area contributed by atoms with Crippen LogP contribution in [0.4, 0.5) is 5.69 Å². The number of amides is 1. The number of aryl methyl sites for hydroxylation is 1. The molecule has 0 unspecified atom stereocenters. The van der Waals surface area contributed by atoms with Gasteiger partial charge in [-0.05, 0) is 19.1 Å². The fraction of sp³-hybridized carbons (Fsp3) is 0.174. The average Bonchev–Trinajstić information content (AvgIpc) is 2.78. The van der Waals surface area contributed by atoms with Crippen molar-refractivity contribution in [1.29, 1.82) is 0 Å². The van der Waals surface area contributed by atoms with Crippen molar-refractivity contribution in [2.45, 2.75) is 6.92 Å². The summed E-state index contributed by atoms with van der Waals surface area (Å²) in [6.07, 6.45) is 0. The van der Waals surface area contributed by atoms with Gasteiger partial charge in [0.1, 0.15) is 11.5 Å². The van der Waals surface area contributed by atoms with Gasteiger partial charge in [-0.15, -0.1) is 0 Å². The topological polar surface area (TPSA) is 86.8 Å². The number of nitrogens with one attached hydrogen (secondary N) is 1. The van der Waals surface area contributed by atoms with Gasteiger partial charge in [0, 0.05) is 17.7 Å². The first-order valence-corrected chi connectivity index (χ1v) is 9.72. The maximum Gasteiger partial charge on any atom is 0.340 e. The molecule has 0 fully saturated rings. The van der Waals surface area contributed by atoms with Crippen LogP contribution < -0.4 is 14.8 Å². The van der Waals surface area contributed by atoms with Gasteiger partial charge in [0.05, 0.1) is 41.9 Å². The Kier molecular flexibility index (Phi) is 7.10. The molecule has 3 aromatic rings. The summed E-state index contributed by atoms with van der Waals surface area (Å²) in [7, 11) is 2.91. The van der Waals surface area contributed by atoms with Crippen LogP contribution in [-0.2, 0) is 9.53 Å². The molecule has 1 amide bonds. The highest BCUT2D eigenvalue weighted by Crippen LogP contribution is 2.35. The standard InChI is InChI=1S/C23H21ClN2O5/c1-14-16(9-10-18(25-14)15-7-5-4-6-8-15)23(28)31-13-22(27)26-19-12-20(29-2)17(24)11-21(19)30-3/h4-12H,13H2,1-3H3,(H,26,27). The number of hydrogen-bond acceptors (Lipinski definition) is 6. The van der Waals surface area contributed by atoms with E-state index < -0.39 is 18.5 Å². The number of hydrogen-bond donors (Lipinski definition) is 1. The fourth-order valence-corrected chi connectivity index (χ4v) is 3.13. The molecule has 1 heterocycles. The third-order valence-corrected chi connectivity index (χ3v) is 4.75. The number of nitrogens with zero attached hydrogens (tertiary/aromatic N) is 1. The molecule has 0 aliphatic heterocycles. The molecule has 0 saturated carbocycles. The maximum atomic E-state index is 12.4. The molecule has 1 N–H and O–H groups in total. The number of esters is 1. The van der Waals surface area contributed by atoms with E-state index >= 15 is 0 Å². The Morgan fingerprint density at radius 2 is 1.71 bits per heavy atom. The number of carbonyl (C=O) groups is 2. The van der Waals surface area contributed by atoms with Gasteiger partial charge in [0.25, 0.3) is 5.91 Å². The number of benzene rings is 2. The first-order valence-electron chi connectivity index (χ1n) is 9.34. The minimum atomic E-state index is -0.639. The monoisotopic (exact) mass is 440 g/mol. The van der Waals surface area contributed by atoms with E-state index in [1.165, 1.54) is 26.4 Å². The third kappa shape index (κ3) is 5.32. The second-order valence-corrected chi connectivity index (χ2v) is 6.91. The van der Waals surface area contributed by atoms with Crippen LogP contribution in [0.5, 0.6) is 11.5 Å². The van der Waals surface area contributed by atoms with Gasteiger partial charge >= 0.3 is 5.97 Å². The van der Waals surface area contributed by atoms with Crippen molar-refractivity contribution in [2.75, 3.05) is 26.1 Å². The van der Waals surface area contributed by atoms with E-state index in [9.17, 15) is 9.59 Å². The van der Waals surface area contributed by atoms with Gasteiger partial charge < -0.3 is 19.5 Å². The van der Waals surface area contributed by atoms with Crippen LogP contribution in [0, 0.1) is 6.92 Å². The summed E-state index contributed by atoms with van der Waals surface area (Å²) in [6.45, 7) is 1.24. The summed E-state index contributed by atoms with van der Waals surface area (Å²) in [5, 5.41) is 2.96. The van der Waals surface area contributed by atoms with Gasteiger partial charge in [-0.1, -0.05) is 41.9 Å². The molecule has 0 atom stereocenters. The Morgan fingerprint density at radius 3 is 2.35 bits per heavy atom. The predicted octanol–water partition coefficient (Wildman–Crippen LogP) is 4.52. The number of pyridine rings is 1. The quantitative estimate of drug-likeness (QED) is 0.543. The van der Waals surface area contributed by atoms with E-state index in [0.29, 0.717) is 33.5 Å². The summed E-state index contributed by atoms with van der Waals surface area (Å²) < 4.78 is 15.5. The van der Waals surface area contributed by atoms with E-state index in [1.54, 1.807) is 19.1 Å². The fourth-order valence-electron chi connectivity index (χ4n) is 2.90. The van der Waals surface area contributed by atoms with Crippen molar-refractivity contribution in [3.63, 3.8) is 0 Å². The molecule has 3 rings (SSSR count). The lowest BCUT2D eigenvalue weighted by Crippen LogP contribution is -2.21. The van der Waals surface area contributed by atoms with Crippen LogP contribution in [0.3, 0.4) is 0 Å². The third-order valence-electron chi connectivity index (χ3n) is 4.46. The number of rotatable bonds is 7. The van der Waals surface area contributed by atoms with Crippen molar-refractivity contribution < 1.29 is 23.8 Å². The highest BCUT2D eigenvalue weighted by atomic mass is 35.5. The van der Waals surface area contributed by atoms with Crippen molar-refractivity contribution >= 4 is 29.2 Å². The Hall–Kier alpha value is -3.58. The smallest absolute Gasteiger partial charge is 0.340 e. The van der Waals surface area contributed by atoms with Gasteiger partial charge in [-0.3, -0.25) is 9.78 Å². The Bertz CT molecular complexity index is 1100. The van der Waals surface area contributed by atoms with E-state index in [2.05, 4.69) is 10.3 Å². The van der Waals surface area contributed by atoms with Gasteiger partial charge in [-0.2, -0.15) is 0 Å². The minimum absolute atomic E-state index is 0.290. The number of aromatic nitrogens is 1. The van der Waals surface area contributed by atoms with Crippen LogP contribution >= 0.6 is 11.6 Å². The lowest BCUT2D eigenvalue weighted by atomic mass is 10.1. The minimum Gasteiger partial charge on any atom is -0.495 e. The Labute approximate surface area is 184 Å². The zero-order valence-electron chi connectivity index (χ0n) is 17.3. The molecule has 0 bridgehead atoms. The molecule has 31 heavy (non-hydrogen) atoms. The maximum absolute atomic E-state index is 12.4. The van der Waals surface area contributed by atoms with Gasteiger partial charge in [0.15, 0.2) is 6.61 Å². The second kappa shape index (κ2) is 9.95. The van der Waals surface area contributed by atoms with Crippen molar-refractivity contribution in [3.8, 4) is 22.8 Å². The van der Waals surface area contributed by atoms with Crippen LogP contribution in [0.1, 0.15) is 16.1 Å². The molecule has 2 aromatic carbocycles.